The largest absolute Gasteiger partial charge is 0.493 e. The van der Waals surface area contributed by atoms with Gasteiger partial charge in [0.2, 0.25) is 5.95 Å². The minimum Gasteiger partial charge on any atom is -0.493 e. The first-order valence-corrected chi connectivity index (χ1v) is 9.60. The van der Waals surface area contributed by atoms with E-state index in [1.165, 1.54) is 0 Å². The molecule has 0 aliphatic carbocycles. The van der Waals surface area contributed by atoms with Crippen LogP contribution in [-0.2, 0) is 19.7 Å². The highest BCUT2D eigenvalue weighted by Crippen LogP contribution is 2.34. The molecule has 0 radical (unpaired) electrons. The van der Waals surface area contributed by atoms with Crippen molar-refractivity contribution in [3.63, 3.8) is 0 Å². The zero-order chi connectivity index (χ0) is 19.9. The minimum absolute atomic E-state index is 0.315. The molecule has 0 saturated carbocycles. The van der Waals surface area contributed by atoms with Crippen LogP contribution in [-0.4, -0.2) is 27.3 Å². The smallest absolute Gasteiger partial charge is 0.243 e. The summed E-state index contributed by atoms with van der Waals surface area (Å²) in [7, 11) is 1.59. The quantitative estimate of drug-likeness (QED) is 0.544. The van der Waals surface area contributed by atoms with E-state index in [0.29, 0.717) is 40.6 Å². The van der Waals surface area contributed by atoms with Crippen LogP contribution >= 0.6 is 23.2 Å². The molecule has 148 valence electrons. The molecule has 3 aromatic rings. The first-order chi connectivity index (χ1) is 13.6. The van der Waals surface area contributed by atoms with E-state index in [-0.39, 0.29) is 0 Å². The molecule has 0 unspecified atom stereocenters. The fourth-order valence-corrected chi connectivity index (χ4v) is 3.03. The van der Waals surface area contributed by atoms with Crippen LogP contribution in [0.15, 0.2) is 36.4 Å². The highest BCUT2D eigenvalue weighted by atomic mass is 35.5. The van der Waals surface area contributed by atoms with E-state index in [9.17, 15) is 0 Å². The molecule has 0 fully saturated rings. The third-order valence-corrected chi connectivity index (χ3v) is 4.80. The Hall–Kier alpha value is -2.51. The highest BCUT2D eigenvalue weighted by Gasteiger charge is 2.13. The summed E-state index contributed by atoms with van der Waals surface area (Å²) in [5.74, 6) is 1.73. The Balaban J connectivity index is 1.72. The van der Waals surface area contributed by atoms with Crippen molar-refractivity contribution >= 4 is 29.2 Å². The van der Waals surface area contributed by atoms with Gasteiger partial charge >= 0.3 is 0 Å². The first-order valence-electron chi connectivity index (χ1n) is 8.85. The van der Waals surface area contributed by atoms with Crippen LogP contribution < -0.4 is 14.8 Å². The van der Waals surface area contributed by atoms with Gasteiger partial charge in [-0.1, -0.05) is 53.4 Å². The van der Waals surface area contributed by atoms with Crippen molar-refractivity contribution in [1.29, 1.82) is 0 Å². The fraction of sp³-hybridized carbons (Fsp3) is 0.316. The van der Waals surface area contributed by atoms with Gasteiger partial charge in [-0.05, 0) is 34.5 Å². The van der Waals surface area contributed by atoms with Crippen LogP contribution in [0.2, 0.25) is 10.0 Å². The van der Waals surface area contributed by atoms with Gasteiger partial charge in [-0.15, -0.1) is 0 Å². The van der Waals surface area contributed by atoms with Crippen molar-refractivity contribution in [2.75, 3.05) is 12.4 Å². The summed E-state index contributed by atoms with van der Waals surface area (Å²) in [6, 6.07) is 11.1. The van der Waals surface area contributed by atoms with E-state index < -0.39 is 0 Å². The first kappa shape index (κ1) is 20.2. The van der Waals surface area contributed by atoms with Crippen LogP contribution in [0.25, 0.3) is 0 Å². The Morgan fingerprint density at radius 2 is 1.89 bits per heavy atom. The van der Waals surface area contributed by atoms with Gasteiger partial charge in [0.25, 0.3) is 0 Å². The van der Waals surface area contributed by atoms with Gasteiger partial charge in [0.1, 0.15) is 6.61 Å². The number of anilines is 1. The molecule has 0 bridgehead atoms. The molecule has 1 heterocycles. The molecule has 7 nitrogen and oxygen atoms in total. The summed E-state index contributed by atoms with van der Waals surface area (Å²) in [6.07, 6.45) is 0.936. The Kier molecular flexibility index (Phi) is 6.95. The number of ether oxygens (including phenoxy) is 2. The number of aromatic nitrogens is 4. The molecule has 1 aromatic heterocycles. The van der Waals surface area contributed by atoms with Gasteiger partial charge in [0.15, 0.2) is 11.5 Å². The van der Waals surface area contributed by atoms with Crippen LogP contribution in [0.3, 0.4) is 0 Å². The number of benzene rings is 2. The molecular weight excluding hydrogens is 401 g/mol. The van der Waals surface area contributed by atoms with Crippen LogP contribution in [0.4, 0.5) is 5.95 Å². The van der Waals surface area contributed by atoms with Gasteiger partial charge in [0.05, 0.1) is 7.11 Å². The molecular formula is C19H21Cl2N5O2. The van der Waals surface area contributed by atoms with Gasteiger partial charge in [0, 0.05) is 34.8 Å². The van der Waals surface area contributed by atoms with Crippen LogP contribution in [0.1, 0.15) is 24.5 Å². The predicted molar refractivity (Wildman–Crippen MR) is 109 cm³/mol. The Morgan fingerprint density at radius 3 is 2.64 bits per heavy atom. The molecule has 0 spiro atoms. The number of nitrogens with zero attached hydrogens (tertiary/aromatic N) is 4. The number of halogens is 2. The second-order valence-corrected chi connectivity index (χ2v) is 6.87. The number of aryl methyl sites for hydroxylation is 1. The zero-order valence-electron chi connectivity index (χ0n) is 15.7. The maximum absolute atomic E-state index is 6.45. The van der Waals surface area contributed by atoms with Crippen molar-refractivity contribution in [2.45, 2.75) is 33.0 Å². The summed E-state index contributed by atoms with van der Waals surface area (Å²) >= 11 is 12.6. The second-order valence-electron chi connectivity index (χ2n) is 6.05. The third-order valence-electron chi connectivity index (χ3n) is 4.08. The molecule has 9 heteroatoms. The molecule has 0 aliphatic heterocycles. The summed E-state index contributed by atoms with van der Waals surface area (Å²) in [5, 5.41) is 16.0. The average Bonchev–Trinajstić information content (AvgIpc) is 3.14. The van der Waals surface area contributed by atoms with E-state index in [2.05, 4.69) is 27.8 Å². The van der Waals surface area contributed by atoms with Gasteiger partial charge in [-0.3, -0.25) is 0 Å². The normalized spacial score (nSPS) is 10.7. The van der Waals surface area contributed by atoms with Gasteiger partial charge in [-0.25, -0.2) is 4.68 Å². The monoisotopic (exact) mass is 421 g/mol. The molecule has 28 heavy (non-hydrogen) atoms. The summed E-state index contributed by atoms with van der Waals surface area (Å²) in [5.41, 5.74) is 1.73. The molecule has 1 N–H and O–H groups in total. The topological polar surface area (TPSA) is 74.1 Å². The van der Waals surface area contributed by atoms with E-state index in [0.717, 1.165) is 24.1 Å². The van der Waals surface area contributed by atoms with Crippen molar-refractivity contribution in [3.05, 3.63) is 57.6 Å². The lowest BCUT2D eigenvalue weighted by molar-refractivity contribution is 0.284. The van der Waals surface area contributed by atoms with Crippen LogP contribution in [0.5, 0.6) is 11.5 Å². The highest BCUT2D eigenvalue weighted by molar-refractivity contribution is 6.31. The van der Waals surface area contributed by atoms with E-state index in [1.54, 1.807) is 17.9 Å². The fourth-order valence-electron chi connectivity index (χ4n) is 2.62. The predicted octanol–water partition coefficient (Wildman–Crippen LogP) is 4.59. The molecule has 3 rings (SSSR count). The summed E-state index contributed by atoms with van der Waals surface area (Å²) in [6.45, 7) is 3.57. The lowest BCUT2D eigenvalue weighted by Crippen LogP contribution is -2.09. The van der Waals surface area contributed by atoms with Crippen molar-refractivity contribution in [2.24, 2.45) is 0 Å². The van der Waals surface area contributed by atoms with Gasteiger partial charge in [-0.2, -0.15) is 0 Å². The number of hydrogen-bond donors (Lipinski definition) is 1. The van der Waals surface area contributed by atoms with Crippen molar-refractivity contribution < 1.29 is 9.47 Å². The standard InChI is InChI=1S/C19H21Cl2N5O2/c1-3-8-26-19(23-24-25-26)22-11-14-9-17(27-2)18(10-16(14)21)28-12-13-6-4-5-7-15(13)20/h4-7,9-10H,3,8,11-12H2,1-2H3,(H,22,23,25). The van der Waals surface area contributed by atoms with E-state index in [1.807, 2.05) is 30.3 Å². The Morgan fingerprint density at radius 1 is 1.07 bits per heavy atom. The minimum atomic E-state index is 0.315. The Bertz CT molecular complexity index is 932. The number of rotatable bonds is 9. The molecule has 0 aliphatic rings. The Labute approximate surface area is 173 Å². The average molecular weight is 422 g/mol. The molecule has 0 amide bonds. The number of tetrazole rings is 1. The lowest BCUT2D eigenvalue weighted by Gasteiger charge is -2.15. The maximum Gasteiger partial charge on any atom is 0.243 e. The molecule has 0 atom stereocenters. The SMILES string of the molecule is CCCn1nnnc1NCc1cc(OC)c(OCc2ccccc2Cl)cc1Cl. The van der Waals surface area contributed by atoms with E-state index in [4.69, 9.17) is 32.7 Å². The summed E-state index contributed by atoms with van der Waals surface area (Å²) in [4.78, 5) is 0. The van der Waals surface area contributed by atoms with Crippen molar-refractivity contribution in [3.8, 4) is 11.5 Å². The van der Waals surface area contributed by atoms with Crippen molar-refractivity contribution in [1.82, 2.24) is 20.2 Å². The summed E-state index contributed by atoms with van der Waals surface area (Å²) < 4.78 is 13.1. The van der Waals surface area contributed by atoms with Crippen LogP contribution in [0, 0.1) is 0 Å². The second kappa shape index (κ2) is 9.61. The molecule has 2 aromatic carbocycles. The van der Waals surface area contributed by atoms with Gasteiger partial charge < -0.3 is 14.8 Å². The number of hydrogen-bond acceptors (Lipinski definition) is 6. The zero-order valence-corrected chi connectivity index (χ0v) is 17.2. The lowest BCUT2D eigenvalue weighted by atomic mass is 10.2. The third kappa shape index (κ3) is 4.85. The van der Waals surface area contributed by atoms with E-state index >= 15 is 0 Å². The maximum atomic E-state index is 6.45. The number of methoxy groups -OCH3 is 1. The molecule has 0 saturated heterocycles. The number of nitrogens with one attached hydrogen (secondary N) is 1.